The van der Waals surface area contributed by atoms with Crippen LogP contribution in [0.3, 0.4) is 0 Å². The fourth-order valence-electron chi connectivity index (χ4n) is 0.850. The van der Waals surface area contributed by atoms with Crippen molar-refractivity contribution in [2.45, 2.75) is 13.3 Å². The standard InChI is InChI=1S/C9H12N2/c1-2-3-6-9-8(10)5-4-7-11-9/h2-5,7H,6,10H2,1H3. The summed E-state index contributed by atoms with van der Waals surface area (Å²) in [6.45, 7) is 1.99. The van der Waals surface area contributed by atoms with Gasteiger partial charge in [0.05, 0.1) is 11.4 Å². The highest BCUT2D eigenvalue weighted by Gasteiger charge is 1.94. The number of rotatable bonds is 2. The van der Waals surface area contributed by atoms with Crippen LogP contribution in [-0.2, 0) is 6.42 Å². The lowest BCUT2D eigenvalue weighted by atomic mass is 10.2. The molecule has 0 atom stereocenters. The van der Waals surface area contributed by atoms with E-state index < -0.39 is 0 Å². The number of hydrogen-bond donors (Lipinski definition) is 1. The average molecular weight is 148 g/mol. The SMILES string of the molecule is CC=CCc1ncccc1N. The fraction of sp³-hybridized carbons (Fsp3) is 0.222. The molecule has 0 unspecified atom stereocenters. The summed E-state index contributed by atoms with van der Waals surface area (Å²) >= 11 is 0. The Bertz CT molecular complexity index is 253. The second kappa shape index (κ2) is 3.76. The zero-order valence-corrected chi connectivity index (χ0v) is 6.62. The molecule has 0 spiro atoms. The van der Waals surface area contributed by atoms with Crippen molar-refractivity contribution in [3.05, 3.63) is 36.2 Å². The Hall–Kier alpha value is -1.31. The maximum absolute atomic E-state index is 5.66. The zero-order valence-electron chi connectivity index (χ0n) is 6.62. The predicted octanol–water partition coefficient (Wildman–Crippen LogP) is 1.78. The minimum Gasteiger partial charge on any atom is -0.397 e. The molecule has 0 saturated carbocycles. The quantitative estimate of drug-likeness (QED) is 0.649. The molecule has 2 heteroatoms. The Balaban J connectivity index is 2.77. The van der Waals surface area contributed by atoms with Crippen LogP contribution in [0, 0.1) is 0 Å². The smallest absolute Gasteiger partial charge is 0.0670 e. The Labute approximate surface area is 66.8 Å². The normalized spacial score (nSPS) is 10.6. The number of nitrogen functional groups attached to an aromatic ring is 1. The molecule has 0 aliphatic heterocycles. The first-order valence-corrected chi connectivity index (χ1v) is 3.65. The van der Waals surface area contributed by atoms with E-state index >= 15 is 0 Å². The van der Waals surface area contributed by atoms with Gasteiger partial charge in [-0.1, -0.05) is 12.2 Å². The summed E-state index contributed by atoms with van der Waals surface area (Å²) in [7, 11) is 0. The number of anilines is 1. The molecule has 1 aromatic heterocycles. The van der Waals surface area contributed by atoms with Gasteiger partial charge in [0.2, 0.25) is 0 Å². The molecule has 0 fully saturated rings. The highest BCUT2D eigenvalue weighted by atomic mass is 14.7. The van der Waals surface area contributed by atoms with E-state index in [1.54, 1.807) is 6.20 Å². The van der Waals surface area contributed by atoms with Crippen LogP contribution in [0.1, 0.15) is 12.6 Å². The minimum absolute atomic E-state index is 0.769. The van der Waals surface area contributed by atoms with E-state index in [1.165, 1.54) is 0 Å². The van der Waals surface area contributed by atoms with Gasteiger partial charge in [-0.3, -0.25) is 4.98 Å². The van der Waals surface area contributed by atoms with Crippen molar-refractivity contribution in [3.8, 4) is 0 Å². The number of pyridine rings is 1. The third-order valence-corrected chi connectivity index (χ3v) is 1.47. The molecular weight excluding hydrogens is 136 g/mol. The van der Waals surface area contributed by atoms with E-state index in [9.17, 15) is 0 Å². The van der Waals surface area contributed by atoms with Crippen molar-refractivity contribution in [1.29, 1.82) is 0 Å². The van der Waals surface area contributed by atoms with Crippen LogP contribution >= 0.6 is 0 Å². The molecule has 2 N–H and O–H groups in total. The van der Waals surface area contributed by atoms with Gasteiger partial charge in [-0.15, -0.1) is 0 Å². The van der Waals surface area contributed by atoms with Crippen molar-refractivity contribution in [2.24, 2.45) is 0 Å². The summed E-state index contributed by atoms with van der Waals surface area (Å²) < 4.78 is 0. The van der Waals surface area contributed by atoms with Crippen molar-refractivity contribution in [1.82, 2.24) is 4.98 Å². The van der Waals surface area contributed by atoms with Crippen LogP contribution in [0.15, 0.2) is 30.5 Å². The molecule has 58 valence electrons. The fourth-order valence-corrected chi connectivity index (χ4v) is 0.850. The van der Waals surface area contributed by atoms with Crippen LogP contribution in [0.2, 0.25) is 0 Å². The van der Waals surface area contributed by atoms with Crippen molar-refractivity contribution < 1.29 is 0 Å². The van der Waals surface area contributed by atoms with Gasteiger partial charge in [-0.2, -0.15) is 0 Å². The number of nitrogens with zero attached hydrogens (tertiary/aromatic N) is 1. The number of allylic oxidation sites excluding steroid dienone is 2. The summed E-state index contributed by atoms with van der Waals surface area (Å²) in [5, 5.41) is 0. The third-order valence-electron chi connectivity index (χ3n) is 1.47. The third kappa shape index (κ3) is 2.08. The van der Waals surface area contributed by atoms with Gasteiger partial charge < -0.3 is 5.73 Å². The maximum Gasteiger partial charge on any atom is 0.0670 e. The van der Waals surface area contributed by atoms with E-state index in [0.717, 1.165) is 17.8 Å². The van der Waals surface area contributed by atoms with Crippen LogP contribution in [0.25, 0.3) is 0 Å². The Morgan fingerprint density at radius 1 is 1.64 bits per heavy atom. The number of nitrogens with two attached hydrogens (primary N) is 1. The topological polar surface area (TPSA) is 38.9 Å². The molecule has 0 amide bonds. The predicted molar refractivity (Wildman–Crippen MR) is 47.2 cm³/mol. The molecule has 1 heterocycles. The van der Waals surface area contributed by atoms with E-state index in [4.69, 9.17) is 5.73 Å². The lowest BCUT2D eigenvalue weighted by Crippen LogP contribution is -1.95. The molecule has 1 rings (SSSR count). The molecule has 0 radical (unpaired) electrons. The summed E-state index contributed by atoms with van der Waals surface area (Å²) in [4.78, 5) is 4.14. The molecule has 11 heavy (non-hydrogen) atoms. The summed E-state index contributed by atoms with van der Waals surface area (Å²) in [6.07, 6.45) is 6.62. The van der Waals surface area contributed by atoms with Gasteiger partial charge in [0.1, 0.15) is 0 Å². The van der Waals surface area contributed by atoms with Gasteiger partial charge >= 0.3 is 0 Å². The molecular formula is C9H12N2. The first-order chi connectivity index (χ1) is 5.34. The Kier molecular flexibility index (Phi) is 2.66. The average Bonchev–Trinajstić information content (AvgIpc) is 2.03. The lowest BCUT2D eigenvalue weighted by molar-refractivity contribution is 1.11. The van der Waals surface area contributed by atoms with Crippen LogP contribution in [0.4, 0.5) is 5.69 Å². The Morgan fingerprint density at radius 3 is 3.09 bits per heavy atom. The van der Waals surface area contributed by atoms with Crippen LogP contribution in [-0.4, -0.2) is 4.98 Å². The first kappa shape index (κ1) is 7.79. The highest BCUT2D eigenvalue weighted by molar-refractivity contribution is 5.42. The lowest BCUT2D eigenvalue weighted by Gasteiger charge is -1.98. The number of hydrogen-bond acceptors (Lipinski definition) is 2. The monoisotopic (exact) mass is 148 g/mol. The van der Waals surface area contributed by atoms with Gasteiger partial charge in [0.15, 0.2) is 0 Å². The maximum atomic E-state index is 5.66. The van der Waals surface area contributed by atoms with Gasteiger partial charge in [-0.25, -0.2) is 0 Å². The van der Waals surface area contributed by atoms with E-state index in [2.05, 4.69) is 4.98 Å². The molecule has 0 aliphatic rings. The van der Waals surface area contributed by atoms with Crippen LogP contribution < -0.4 is 5.73 Å². The van der Waals surface area contributed by atoms with Crippen LogP contribution in [0.5, 0.6) is 0 Å². The van der Waals surface area contributed by atoms with Gasteiger partial charge in [-0.05, 0) is 19.1 Å². The van der Waals surface area contributed by atoms with E-state index in [0.29, 0.717) is 0 Å². The molecule has 0 aliphatic carbocycles. The van der Waals surface area contributed by atoms with Crippen molar-refractivity contribution in [2.75, 3.05) is 5.73 Å². The van der Waals surface area contributed by atoms with Gasteiger partial charge in [0, 0.05) is 12.6 Å². The van der Waals surface area contributed by atoms with Crippen molar-refractivity contribution in [3.63, 3.8) is 0 Å². The van der Waals surface area contributed by atoms with Crippen molar-refractivity contribution >= 4 is 5.69 Å². The molecule has 0 saturated heterocycles. The largest absolute Gasteiger partial charge is 0.397 e. The minimum atomic E-state index is 0.769. The highest BCUT2D eigenvalue weighted by Crippen LogP contribution is 2.07. The second-order valence-corrected chi connectivity index (χ2v) is 2.31. The molecule has 0 bridgehead atoms. The molecule has 0 aromatic carbocycles. The second-order valence-electron chi connectivity index (χ2n) is 2.31. The van der Waals surface area contributed by atoms with E-state index in [-0.39, 0.29) is 0 Å². The summed E-state index contributed by atoms with van der Waals surface area (Å²) in [5.74, 6) is 0. The number of aromatic nitrogens is 1. The summed E-state index contributed by atoms with van der Waals surface area (Å²) in [5.41, 5.74) is 7.38. The Morgan fingerprint density at radius 2 is 2.45 bits per heavy atom. The summed E-state index contributed by atoms with van der Waals surface area (Å²) in [6, 6.07) is 3.71. The molecule has 1 aromatic rings. The zero-order chi connectivity index (χ0) is 8.10. The van der Waals surface area contributed by atoms with E-state index in [1.807, 2.05) is 31.2 Å². The molecule has 2 nitrogen and oxygen atoms in total. The van der Waals surface area contributed by atoms with Gasteiger partial charge in [0.25, 0.3) is 0 Å². The first-order valence-electron chi connectivity index (χ1n) is 3.65.